The summed E-state index contributed by atoms with van der Waals surface area (Å²) < 4.78 is 63.7. The Kier molecular flexibility index (Phi) is 7.23. The molecule has 4 heterocycles. The molecule has 2 amide bonds. The minimum Gasteiger partial charge on any atom is -0.483 e. The van der Waals surface area contributed by atoms with Crippen molar-refractivity contribution in [2.24, 2.45) is 5.16 Å². The summed E-state index contributed by atoms with van der Waals surface area (Å²) in [7, 11) is 1.37. The van der Waals surface area contributed by atoms with Crippen LogP contribution < -0.4 is 15.5 Å². The number of methoxy groups -OCH3 is 1. The second kappa shape index (κ2) is 11.4. The third kappa shape index (κ3) is 5.05. The monoisotopic (exact) mass is 611 g/mol. The van der Waals surface area contributed by atoms with Crippen LogP contribution in [0.5, 0.6) is 5.75 Å². The molecule has 6 rings (SSSR count). The van der Waals surface area contributed by atoms with E-state index in [0.29, 0.717) is 30.5 Å². The fourth-order valence-corrected chi connectivity index (χ4v) is 5.88. The summed E-state index contributed by atoms with van der Waals surface area (Å²) in [4.78, 5) is 48.9. The smallest absolute Gasteiger partial charge is 0.274 e. The molecule has 0 saturated carbocycles. The van der Waals surface area contributed by atoms with Gasteiger partial charge in [0.2, 0.25) is 11.3 Å². The first-order valence-electron chi connectivity index (χ1n) is 14.5. The van der Waals surface area contributed by atoms with Gasteiger partial charge in [0.15, 0.2) is 17.0 Å². The Morgan fingerprint density at radius 3 is 2.61 bits per heavy atom. The predicted octanol–water partition coefficient (Wildman–Crippen LogP) is 4.07. The van der Waals surface area contributed by atoms with E-state index in [1.807, 2.05) is 6.92 Å². The van der Waals surface area contributed by atoms with Crippen molar-refractivity contribution in [1.82, 2.24) is 14.8 Å². The van der Waals surface area contributed by atoms with Gasteiger partial charge in [0.25, 0.3) is 11.8 Å². The number of hydrogen-bond donors (Lipinski definition) is 1. The number of oxime groups is 1. The van der Waals surface area contributed by atoms with E-state index in [1.165, 1.54) is 17.9 Å². The topological polar surface area (TPSA) is 111 Å². The summed E-state index contributed by atoms with van der Waals surface area (Å²) in [6.45, 7) is 1.11. The van der Waals surface area contributed by atoms with Crippen LogP contribution in [0.3, 0.4) is 0 Å². The zero-order valence-electron chi connectivity index (χ0n) is 24.8. The second-order valence-corrected chi connectivity index (χ2v) is 10.9. The Balaban J connectivity index is 1.47. The van der Waals surface area contributed by atoms with Gasteiger partial charge in [0.05, 0.1) is 19.5 Å². The average Bonchev–Trinajstić information content (AvgIpc) is 3.27. The molecule has 1 N–H and O–H groups in total. The highest BCUT2D eigenvalue weighted by atomic mass is 19.1. The average molecular weight is 612 g/mol. The molecule has 44 heavy (non-hydrogen) atoms. The molecule has 0 aliphatic carbocycles. The Morgan fingerprint density at radius 2 is 1.93 bits per heavy atom. The largest absolute Gasteiger partial charge is 0.483 e. The number of aromatic nitrogens is 1. The fourth-order valence-electron chi connectivity index (χ4n) is 5.88. The lowest BCUT2D eigenvalue weighted by atomic mass is 9.85. The molecule has 4 atom stereocenters. The number of carbonyl (C=O) groups is 2. The van der Waals surface area contributed by atoms with E-state index in [4.69, 9.17) is 15.7 Å². The quantitative estimate of drug-likeness (QED) is 0.450. The molecule has 1 unspecified atom stereocenters. The van der Waals surface area contributed by atoms with Crippen molar-refractivity contribution >= 4 is 17.7 Å². The minimum absolute atomic E-state index is 0.0393. The number of amides is 2. The maximum Gasteiger partial charge on any atom is 0.274 e. The maximum absolute atomic E-state index is 14.3. The summed E-state index contributed by atoms with van der Waals surface area (Å²) >= 11 is 0. The highest BCUT2D eigenvalue weighted by Crippen LogP contribution is 2.46. The van der Waals surface area contributed by atoms with E-state index in [0.717, 1.165) is 0 Å². The summed E-state index contributed by atoms with van der Waals surface area (Å²) in [5.41, 5.74) is -2.79. The molecule has 230 valence electrons. The number of halogens is 3. The van der Waals surface area contributed by atoms with Gasteiger partial charge in [-0.3, -0.25) is 14.4 Å². The van der Waals surface area contributed by atoms with Crippen LogP contribution in [0.25, 0.3) is 0 Å². The van der Waals surface area contributed by atoms with Crippen LogP contribution in [0.4, 0.5) is 13.2 Å². The molecular formula is C31H29F3N4O6. The first-order chi connectivity index (χ1) is 21.6. The molecule has 13 heteroatoms. The Labute approximate surface area is 251 Å². The molecule has 10 nitrogen and oxygen atoms in total. The van der Waals surface area contributed by atoms with Crippen LogP contribution in [-0.2, 0) is 22.7 Å². The summed E-state index contributed by atoms with van der Waals surface area (Å²) in [6, 6.07) is 8.71. The minimum atomic E-state index is -1.33. The van der Waals surface area contributed by atoms with Gasteiger partial charge in [-0.05, 0) is 25.3 Å². The van der Waals surface area contributed by atoms with Crippen LogP contribution in [0.1, 0.15) is 65.5 Å². The molecule has 1 saturated heterocycles. The van der Waals surface area contributed by atoms with E-state index in [9.17, 15) is 27.6 Å². The summed E-state index contributed by atoms with van der Waals surface area (Å²) in [6.07, 6.45) is 0.822. The Morgan fingerprint density at radius 1 is 1.20 bits per heavy atom. The molecule has 1 fully saturated rings. The number of nitrogens with zero attached hydrogens (tertiary/aromatic N) is 3. The van der Waals surface area contributed by atoms with Crippen molar-refractivity contribution in [3.8, 4) is 5.75 Å². The van der Waals surface area contributed by atoms with Crippen molar-refractivity contribution in [2.75, 3.05) is 13.7 Å². The molecule has 2 aromatic carbocycles. The zero-order chi connectivity index (χ0) is 32.0. The van der Waals surface area contributed by atoms with Crippen LogP contribution in [-0.4, -0.2) is 52.5 Å². The first-order valence-corrected chi connectivity index (χ1v) is 14.0. The lowest BCUT2D eigenvalue weighted by Gasteiger charge is -2.42. The molecular weight excluding hydrogens is 581 g/mol. The molecule has 3 aliphatic rings. The van der Waals surface area contributed by atoms with Crippen molar-refractivity contribution in [1.29, 1.82) is 0 Å². The SMILES string of the molecule is [2H]C1C(OC)=NO[C@@]12CC[C@H](C)N1C[C@H]2n2cc(C(=O)NCc3c(F)cc(F)cc3F)c(=O)c(OCc3ccccc3)c2C1=O. The van der Waals surface area contributed by atoms with Crippen molar-refractivity contribution in [3.63, 3.8) is 0 Å². The standard InChI is InChI=1S/C31H29F3N4O6/c1-17-8-9-31(12-25(42-2)36-44-31)24-15-37(17)30(41)26-28(43-16-18-6-4-3-5-7-18)27(39)21(14-38(24)26)29(40)35-13-20-22(33)10-19(32)11-23(20)34/h3-7,10-11,14,17,24H,8-9,12-13,15-16H2,1-2H3,(H,35,40)/t17-,24+,31-/m0/s1/i12D/t12?,17-,24+,31-. The lowest BCUT2D eigenvalue weighted by molar-refractivity contribution is -0.0656. The van der Waals surface area contributed by atoms with Gasteiger partial charge in [-0.15, -0.1) is 0 Å². The van der Waals surface area contributed by atoms with Crippen LogP contribution in [0, 0.1) is 17.5 Å². The van der Waals surface area contributed by atoms with E-state index < -0.39 is 76.2 Å². The number of rotatable bonds is 6. The van der Waals surface area contributed by atoms with Crippen LogP contribution >= 0.6 is 0 Å². The van der Waals surface area contributed by atoms with Crippen LogP contribution in [0.2, 0.25) is 0 Å². The highest BCUT2D eigenvalue weighted by Gasteiger charge is 2.54. The summed E-state index contributed by atoms with van der Waals surface area (Å²) in [5.74, 6) is -5.43. The van der Waals surface area contributed by atoms with Gasteiger partial charge in [0, 0.05) is 44.4 Å². The number of carbonyl (C=O) groups excluding carboxylic acids is 2. The predicted molar refractivity (Wildman–Crippen MR) is 151 cm³/mol. The molecule has 2 bridgehead atoms. The van der Waals surface area contributed by atoms with Crippen LogP contribution in [0.15, 0.2) is 58.6 Å². The lowest BCUT2D eigenvalue weighted by Crippen LogP contribution is -2.52. The normalized spacial score (nSPS) is 24.2. The van der Waals surface area contributed by atoms with E-state index in [1.54, 1.807) is 35.2 Å². The number of pyridine rings is 1. The molecule has 0 radical (unpaired) electrons. The maximum atomic E-state index is 14.3. The van der Waals surface area contributed by atoms with E-state index in [-0.39, 0.29) is 30.8 Å². The molecule has 1 spiro atoms. The molecule has 3 aliphatic heterocycles. The van der Waals surface area contributed by atoms with E-state index in [2.05, 4.69) is 10.5 Å². The molecule has 1 aromatic heterocycles. The van der Waals surface area contributed by atoms with Crippen molar-refractivity contribution < 1.29 is 38.4 Å². The van der Waals surface area contributed by atoms with Gasteiger partial charge in [0.1, 0.15) is 29.6 Å². The number of nitrogens with one attached hydrogen (secondary N) is 1. The fraction of sp³-hybridized carbons (Fsp3) is 0.355. The highest BCUT2D eigenvalue weighted by molar-refractivity contribution is 5.99. The summed E-state index contributed by atoms with van der Waals surface area (Å²) in [5, 5.41) is 6.32. The van der Waals surface area contributed by atoms with Gasteiger partial charge in [-0.1, -0.05) is 35.5 Å². The van der Waals surface area contributed by atoms with Gasteiger partial charge in [-0.25, -0.2) is 13.2 Å². The van der Waals surface area contributed by atoms with Gasteiger partial charge in [-0.2, -0.15) is 0 Å². The number of hydrogen-bond acceptors (Lipinski definition) is 7. The molecule has 3 aromatic rings. The Hall–Kier alpha value is -4.81. The number of fused-ring (bicyclic) bond motifs is 5. The van der Waals surface area contributed by atoms with Gasteiger partial charge < -0.3 is 29.1 Å². The van der Waals surface area contributed by atoms with Crippen molar-refractivity contribution in [2.45, 2.75) is 57.0 Å². The third-order valence-corrected chi connectivity index (χ3v) is 8.29. The van der Waals surface area contributed by atoms with E-state index >= 15 is 0 Å². The number of benzene rings is 2. The third-order valence-electron chi connectivity index (χ3n) is 8.29. The second-order valence-electron chi connectivity index (χ2n) is 10.9. The number of ether oxygens (including phenoxy) is 2. The Bertz CT molecular complexity index is 1750. The van der Waals surface area contributed by atoms with Crippen molar-refractivity contribution in [3.05, 3.63) is 98.7 Å². The van der Waals surface area contributed by atoms with Gasteiger partial charge >= 0.3 is 0 Å². The zero-order valence-corrected chi connectivity index (χ0v) is 23.8. The first kappa shape index (κ1) is 28.0.